The number of benzene rings is 1. The molecule has 2 rings (SSSR count). The number of ether oxygens (including phenoxy) is 1. The largest absolute Gasteiger partial charge is 0.387 e. The average molecular weight is 306 g/mol. The highest BCUT2D eigenvalue weighted by atomic mass is 16.5. The molecule has 1 atom stereocenters. The third-order valence-corrected chi connectivity index (χ3v) is 3.30. The lowest BCUT2D eigenvalue weighted by atomic mass is 10.1. The molecule has 120 valence electrons. The van der Waals surface area contributed by atoms with Gasteiger partial charge in [-0.15, -0.1) is 0 Å². The lowest BCUT2D eigenvalue weighted by molar-refractivity contribution is 0.0143. The van der Waals surface area contributed by atoms with E-state index in [-0.39, 0.29) is 11.9 Å². The zero-order valence-corrected chi connectivity index (χ0v) is 12.4. The summed E-state index contributed by atoms with van der Waals surface area (Å²) in [7, 11) is 0. The van der Waals surface area contributed by atoms with Crippen LogP contribution < -0.4 is 17.2 Å². The topological polar surface area (TPSA) is 135 Å². The van der Waals surface area contributed by atoms with Crippen molar-refractivity contribution in [1.29, 1.82) is 0 Å². The number of morpholine rings is 1. The molecule has 1 aliphatic rings. The molecular weight excluding hydrogens is 284 g/mol. The Balaban J connectivity index is 1.97. The summed E-state index contributed by atoms with van der Waals surface area (Å²) in [6, 6.07) is 7.14. The van der Waals surface area contributed by atoms with Crippen molar-refractivity contribution >= 4 is 17.6 Å². The lowest BCUT2D eigenvalue weighted by Gasteiger charge is -2.28. The quantitative estimate of drug-likeness (QED) is 0.428. The van der Waals surface area contributed by atoms with Crippen molar-refractivity contribution in [3.63, 3.8) is 0 Å². The van der Waals surface area contributed by atoms with Crippen LogP contribution in [0.5, 0.6) is 0 Å². The molecule has 0 aliphatic carbocycles. The third kappa shape index (κ3) is 4.99. The number of aliphatic hydroxyl groups excluding tert-OH is 1. The van der Waals surface area contributed by atoms with E-state index in [4.69, 9.17) is 21.9 Å². The summed E-state index contributed by atoms with van der Waals surface area (Å²) in [6.07, 6.45) is -0.550. The molecule has 1 aromatic rings. The van der Waals surface area contributed by atoms with Crippen molar-refractivity contribution in [1.82, 2.24) is 4.90 Å². The van der Waals surface area contributed by atoms with Gasteiger partial charge in [0.1, 0.15) is 0 Å². The Kier molecular flexibility index (Phi) is 5.70. The maximum absolute atomic E-state index is 10.3. The Bertz CT molecular complexity index is 533. The molecule has 22 heavy (non-hydrogen) atoms. The van der Waals surface area contributed by atoms with Crippen molar-refractivity contribution < 1.29 is 9.84 Å². The number of hydrogen-bond acceptors (Lipinski definition) is 4. The molecule has 8 nitrogen and oxygen atoms in total. The fourth-order valence-electron chi connectivity index (χ4n) is 2.19. The predicted molar refractivity (Wildman–Crippen MR) is 85.8 cm³/mol. The highest BCUT2D eigenvalue weighted by Gasteiger charge is 2.16. The standard InChI is InChI=1S/C14H22N6O2/c15-13(16)19-14(17)18-11-3-1-10(2-4-11)12(21)9-20-5-7-22-8-6-20/h1-4,12,21H,5-9H2,(H6,15,16,17,18,19). The van der Waals surface area contributed by atoms with Crippen LogP contribution in [0.2, 0.25) is 0 Å². The molecule has 0 aromatic heterocycles. The van der Waals surface area contributed by atoms with E-state index in [0.717, 1.165) is 18.7 Å². The van der Waals surface area contributed by atoms with Gasteiger partial charge in [-0.25, -0.2) is 4.99 Å². The number of nitrogens with two attached hydrogens (primary N) is 3. The van der Waals surface area contributed by atoms with E-state index < -0.39 is 6.10 Å². The smallest absolute Gasteiger partial charge is 0.223 e. The van der Waals surface area contributed by atoms with Crippen molar-refractivity contribution in [2.45, 2.75) is 6.10 Å². The van der Waals surface area contributed by atoms with Crippen molar-refractivity contribution in [2.75, 3.05) is 32.8 Å². The Morgan fingerprint density at radius 1 is 1.18 bits per heavy atom. The molecule has 7 N–H and O–H groups in total. The highest BCUT2D eigenvalue weighted by molar-refractivity contribution is 5.93. The van der Waals surface area contributed by atoms with E-state index in [2.05, 4.69) is 14.9 Å². The number of guanidine groups is 2. The summed E-state index contributed by atoms with van der Waals surface area (Å²) in [5.74, 6) is -0.152. The first-order chi connectivity index (χ1) is 10.5. The van der Waals surface area contributed by atoms with Gasteiger partial charge in [0.05, 0.1) is 25.0 Å². The molecule has 1 unspecified atom stereocenters. The van der Waals surface area contributed by atoms with E-state index in [1.54, 1.807) is 12.1 Å². The van der Waals surface area contributed by atoms with E-state index >= 15 is 0 Å². The van der Waals surface area contributed by atoms with Crippen LogP contribution in [0, 0.1) is 0 Å². The average Bonchev–Trinajstić information content (AvgIpc) is 2.48. The monoisotopic (exact) mass is 306 g/mol. The van der Waals surface area contributed by atoms with Crippen LogP contribution in [0.4, 0.5) is 5.69 Å². The number of rotatable bonds is 4. The number of nitrogens with zero attached hydrogens (tertiary/aromatic N) is 3. The molecule has 8 heteroatoms. The molecule has 0 saturated carbocycles. The van der Waals surface area contributed by atoms with Crippen LogP contribution in [0.1, 0.15) is 11.7 Å². The van der Waals surface area contributed by atoms with Crippen LogP contribution in [-0.2, 0) is 4.74 Å². The third-order valence-electron chi connectivity index (χ3n) is 3.30. The zero-order chi connectivity index (χ0) is 15.9. The maximum Gasteiger partial charge on any atom is 0.223 e. The van der Waals surface area contributed by atoms with Gasteiger partial charge in [0.2, 0.25) is 5.96 Å². The van der Waals surface area contributed by atoms with Gasteiger partial charge < -0.3 is 27.0 Å². The van der Waals surface area contributed by atoms with Crippen LogP contribution in [0.25, 0.3) is 0 Å². The first-order valence-corrected chi connectivity index (χ1v) is 7.06. The van der Waals surface area contributed by atoms with Gasteiger partial charge in [-0.1, -0.05) is 12.1 Å². The number of hydrogen-bond donors (Lipinski definition) is 4. The SMILES string of the molecule is NC(N)=NC(N)=Nc1ccc(C(O)CN2CCOCC2)cc1. The Morgan fingerprint density at radius 3 is 2.41 bits per heavy atom. The molecule has 0 amide bonds. The molecule has 0 radical (unpaired) electrons. The summed E-state index contributed by atoms with van der Waals surface area (Å²) in [6.45, 7) is 3.69. The van der Waals surface area contributed by atoms with Crippen LogP contribution >= 0.6 is 0 Å². The summed E-state index contributed by atoms with van der Waals surface area (Å²) < 4.78 is 5.29. The normalized spacial score (nSPS) is 18.0. The van der Waals surface area contributed by atoms with Gasteiger partial charge in [-0.3, -0.25) is 4.90 Å². The Labute approximate surface area is 129 Å². The molecule has 1 aromatic carbocycles. The maximum atomic E-state index is 10.3. The highest BCUT2D eigenvalue weighted by Crippen LogP contribution is 2.19. The van der Waals surface area contributed by atoms with E-state index in [1.165, 1.54) is 0 Å². The summed E-state index contributed by atoms with van der Waals surface area (Å²) in [5, 5.41) is 10.3. The van der Waals surface area contributed by atoms with Gasteiger partial charge in [0, 0.05) is 19.6 Å². The minimum Gasteiger partial charge on any atom is -0.387 e. The molecule has 0 spiro atoms. The molecule has 1 saturated heterocycles. The second kappa shape index (κ2) is 7.74. The van der Waals surface area contributed by atoms with Gasteiger partial charge in [-0.2, -0.15) is 4.99 Å². The first kappa shape index (κ1) is 16.2. The summed E-state index contributed by atoms with van der Waals surface area (Å²) in [5.41, 5.74) is 17.4. The van der Waals surface area contributed by atoms with E-state index in [9.17, 15) is 5.11 Å². The predicted octanol–water partition coefficient (Wildman–Crippen LogP) is -0.728. The van der Waals surface area contributed by atoms with Gasteiger partial charge >= 0.3 is 0 Å². The van der Waals surface area contributed by atoms with Crippen molar-refractivity contribution in [3.8, 4) is 0 Å². The zero-order valence-electron chi connectivity index (χ0n) is 12.4. The summed E-state index contributed by atoms with van der Waals surface area (Å²) in [4.78, 5) is 9.87. The fraction of sp³-hybridized carbons (Fsp3) is 0.429. The molecule has 1 aliphatic heterocycles. The second-order valence-corrected chi connectivity index (χ2v) is 5.03. The van der Waals surface area contributed by atoms with Crippen LogP contribution in [0.3, 0.4) is 0 Å². The molecule has 0 bridgehead atoms. The lowest BCUT2D eigenvalue weighted by Crippen LogP contribution is -2.38. The van der Waals surface area contributed by atoms with E-state index in [0.29, 0.717) is 25.4 Å². The molecule has 1 heterocycles. The molecular formula is C14H22N6O2. The van der Waals surface area contributed by atoms with Gasteiger partial charge in [0.15, 0.2) is 5.96 Å². The second-order valence-electron chi connectivity index (χ2n) is 5.03. The van der Waals surface area contributed by atoms with Crippen molar-refractivity contribution in [2.24, 2.45) is 27.2 Å². The molecule has 1 fully saturated rings. The minimum atomic E-state index is -0.550. The van der Waals surface area contributed by atoms with Crippen LogP contribution in [0.15, 0.2) is 34.3 Å². The van der Waals surface area contributed by atoms with Crippen LogP contribution in [-0.4, -0.2) is 54.8 Å². The minimum absolute atomic E-state index is 0.0124. The fourth-order valence-corrected chi connectivity index (χ4v) is 2.19. The van der Waals surface area contributed by atoms with E-state index in [1.807, 2.05) is 12.1 Å². The van der Waals surface area contributed by atoms with Gasteiger partial charge in [-0.05, 0) is 17.7 Å². The van der Waals surface area contributed by atoms with Gasteiger partial charge in [0.25, 0.3) is 0 Å². The Morgan fingerprint density at radius 2 is 1.82 bits per heavy atom. The number of aliphatic hydroxyl groups is 1. The van der Waals surface area contributed by atoms with Crippen molar-refractivity contribution in [3.05, 3.63) is 29.8 Å². The Hall–Kier alpha value is -2.16. The summed E-state index contributed by atoms with van der Waals surface area (Å²) >= 11 is 0. The number of β-amino-alcohol motifs (C(OH)–C–C–N with tert-alkyl or cyclic N) is 1. The number of aliphatic imine (C=N–C) groups is 2. The first-order valence-electron chi connectivity index (χ1n) is 7.06.